The van der Waals surface area contributed by atoms with Gasteiger partial charge in [-0.3, -0.25) is 9.59 Å². The van der Waals surface area contributed by atoms with Crippen LogP contribution >= 0.6 is 0 Å². The third kappa shape index (κ3) is 4.66. The number of hydrogen-bond acceptors (Lipinski definition) is 5. The second kappa shape index (κ2) is 9.32. The maximum Gasteiger partial charge on any atom is 0.252 e. The van der Waals surface area contributed by atoms with Gasteiger partial charge in [0.05, 0.1) is 42.7 Å². The Hall–Kier alpha value is -2.83. The molecule has 7 nitrogen and oxygen atoms in total. The molecule has 9 heteroatoms. The van der Waals surface area contributed by atoms with E-state index in [4.69, 9.17) is 15.1 Å². The minimum absolute atomic E-state index is 0.0279. The monoisotopic (exact) mass is 419 g/mol. The number of nitriles is 1. The number of pyridine rings is 1. The van der Waals surface area contributed by atoms with Crippen LogP contribution in [0, 0.1) is 34.8 Å². The van der Waals surface area contributed by atoms with Crippen LogP contribution in [0.15, 0.2) is 23.0 Å². The Bertz CT molecular complexity index is 1030. The normalized spacial score (nSPS) is 22.0. The Morgan fingerprint density at radius 1 is 1.47 bits per heavy atom. The number of H-pyrrole nitrogens is 1. The number of ether oxygens (including phenoxy) is 1. The Balaban J connectivity index is 1.66. The van der Waals surface area contributed by atoms with Gasteiger partial charge in [0.15, 0.2) is 11.6 Å². The summed E-state index contributed by atoms with van der Waals surface area (Å²) in [4.78, 5) is 27.1. The number of amides is 1. The number of fused-ring (bicyclic) bond motifs is 1. The molecule has 1 fully saturated rings. The van der Waals surface area contributed by atoms with Crippen LogP contribution in [0.2, 0.25) is 0 Å². The SMILES string of the molecule is CC1C(CC(C#N)CCO)OC[C@H]1NC(=O)Cc1cc2c(F)c(F)ccc2[nH]c1=O. The highest BCUT2D eigenvalue weighted by atomic mass is 19.2. The molecule has 0 radical (unpaired) electrons. The average Bonchev–Trinajstić information content (AvgIpc) is 3.05. The quantitative estimate of drug-likeness (QED) is 0.633. The van der Waals surface area contributed by atoms with Crippen LogP contribution in [-0.2, 0) is 16.0 Å². The minimum Gasteiger partial charge on any atom is -0.396 e. The van der Waals surface area contributed by atoms with Gasteiger partial charge in [-0.05, 0) is 31.0 Å². The van der Waals surface area contributed by atoms with Crippen molar-refractivity contribution < 1.29 is 23.4 Å². The number of aromatic nitrogens is 1. The van der Waals surface area contributed by atoms with E-state index in [0.717, 1.165) is 6.07 Å². The number of aliphatic hydroxyl groups excluding tert-OH is 1. The molecule has 1 saturated heterocycles. The lowest BCUT2D eigenvalue weighted by Gasteiger charge is -2.21. The summed E-state index contributed by atoms with van der Waals surface area (Å²) in [6.07, 6.45) is 0.301. The van der Waals surface area contributed by atoms with E-state index >= 15 is 0 Å². The molecule has 1 amide bonds. The van der Waals surface area contributed by atoms with Gasteiger partial charge in [0.25, 0.3) is 5.56 Å². The highest BCUT2D eigenvalue weighted by molar-refractivity contribution is 5.83. The third-order valence-electron chi connectivity index (χ3n) is 5.58. The van der Waals surface area contributed by atoms with Crippen LogP contribution in [0.3, 0.4) is 0 Å². The van der Waals surface area contributed by atoms with Crippen LogP contribution in [-0.4, -0.2) is 41.4 Å². The summed E-state index contributed by atoms with van der Waals surface area (Å²) in [6, 6.07) is 5.23. The first-order valence-electron chi connectivity index (χ1n) is 9.75. The lowest BCUT2D eigenvalue weighted by molar-refractivity contribution is -0.121. The van der Waals surface area contributed by atoms with Crippen LogP contribution < -0.4 is 10.9 Å². The average molecular weight is 419 g/mol. The van der Waals surface area contributed by atoms with Crippen molar-refractivity contribution in [3.8, 4) is 6.07 Å². The number of aliphatic hydroxyl groups is 1. The third-order valence-corrected chi connectivity index (χ3v) is 5.58. The fourth-order valence-corrected chi connectivity index (χ4v) is 3.74. The fraction of sp³-hybridized carbons (Fsp3) is 0.476. The Labute approximate surface area is 171 Å². The summed E-state index contributed by atoms with van der Waals surface area (Å²) in [5.41, 5.74) is -0.364. The molecule has 2 heterocycles. The number of halogens is 2. The van der Waals surface area contributed by atoms with Crippen LogP contribution in [0.4, 0.5) is 8.78 Å². The zero-order chi connectivity index (χ0) is 21.8. The molecule has 1 aliphatic rings. The first-order chi connectivity index (χ1) is 14.3. The molecular weight excluding hydrogens is 396 g/mol. The molecule has 0 aliphatic carbocycles. The lowest BCUT2D eigenvalue weighted by Crippen LogP contribution is -2.41. The van der Waals surface area contributed by atoms with Gasteiger partial charge in [0, 0.05) is 23.5 Å². The van der Waals surface area contributed by atoms with E-state index in [1.165, 1.54) is 12.1 Å². The maximum atomic E-state index is 14.0. The molecule has 3 unspecified atom stereocenters. The first kappa shape index (κ1) is 21.9. The molecule has 4 atom stereocenters. The van der Waals surface area contributed by atoms with Crippen molar-refractivity contribution in [1.29, 1.82) is 5.26 Å². The van der Waals surface area contributed by atoms with Gasteiger partial charge in [-0.2, -0.15) is 5.26 Å². The fourth-order valence-electron chi connectivity index (χ4n) is 3.74. The van der Waals surface area contributed by atoms with Gasteiger partial charge in [-0.15, -0.1) is 0 Å². The van der Waals surface area contributed by atoms with Crippen molar-refractivity contribution in [3.05, 3.63) is 45.8 Å². The predicted molar refractivity (Wildman–Crippen MR) is 104 cm³/mol. The van der Waals surface area contributed by atoms with E-state index < -0.39 is 23.1 Å². The Kier molecular flexibility index (Phi) is 6.80. The van der Waals surface area contributed by atoms with Gasteiger partial charge in [0.2, 0.25) is 5.91 Å². The van der Waals surface area contributed by atoms with Gasteiger partial charge < -0.3 is 20.1 Å². The molecule has 3 rings (SSSR count). The van der Waals surface area contributed by atoms with E-state index in [0.29, 0.717) is 12.8 Å². The molecule has 0 saturated carbocycles. The Morgan fingerprint density at radius 2 is 2.23 bits per heavy atom. The van der Waals surface area contributed by atoms with Crippen molar-refractivity contribution in [2.24, 2.45) is 11.8 Å². The second-order valence-corrected chi connectivity index (χ2v) is 7.60. The highest BCUT2D eigenvalue weighted by Gasteiger charge is 2.36. The van der Waals surface area contributed by atoms with E-state index in [1.54, 1.807) is 0 Å². The maximum absolute atomic E-state index is 14.0. The summed E-state index contributed by atoms with van der Waals surface area (Å²) in [5, 5.41) is 20.9. The number of aromatic amines is 1. The molecule has 1 aromatic heterocycles. The molecule has 1 aliphatic heterocycles. The van der Waals surface area contributed by atoms with Crippen LogP contribution in [0.1, 0.15) is 25.3 Å². The summed E-state index contributed by atoms with van der Waals surface area (Å²) in [6.45, 7) is 2.09. The number of rotatable bonds is 7. The molecule has 2 aromatic rings. The zero-order valence-corrected chi connectivity index (χ0v) is 16.5. The highest BCUT2D eigenvalue weighted by Crippen LogP contribution is 2.27. The van der Waals surface area contributed by atoms with Crippen LogP contribution in [0.25, 0.3) is 10.9 Å². The van der Waals surface area contributed by atoms with Crippen molar-refractivity contribution in [1.82, 2.24) is 10.3 Å². The smallest absolute Gasteiger partial charge is 0.252 e. The molecule has 1 aromatic carbocycles. The van der Waals surface area contributed by atoms with Gasteiger partial charge in [0.1, 0.15) is 0 Å². The van der Waals surface area contributed by atoms with Gasteiger partial charge >= 0.3 is 0 Å². The Morgan fingerprint density at radius 3 is 2.93 bits per heavy atom. The van der Waals surface area contributed by atoms with E-state index in [1.807, 2.05) is 6.92 Å². The van der Waals surface area contributed by atoms with Crippen molar-refractivity contribution in [2.75, 3.05) is 13.2 Å². The van der Waals surface area contributed by atoms with Crippen molar-refractivity contribution in [3.63, 3.8) is 0 Å². The van der Waals surface area contributed by atoms with E-state index in [2.05, 4.69) is 16.4 Å². The molecule has 30 heavy (non-hydrogen) atoms. The van der Waals surface area contributed by atoms with Gasteiger partial charge in [-0.1, -0.05) is 6.92 Å². The van der Waals surface area contributed by atoms with Gasteiger partial charge in [-0.25, -0.2) is 8.78 Å². The van der Waals surface area contributed by atoms with Crippen molar-refractivity contribution in [2.45, 2.75) is 38.3 Å². The molecule has 0 bridgehead atoms. The molecular formula is C21H23F2N3O4. The summed E-state index contributed by atoms with van der Waals surface area (Å²) in [7, 11) is 0. The number of benzene rings is 1. The molecule has 160 valence electrons. The van der Waals surface area contributed by atoms with Crippen molar-refractivity contribution >= 4 is 16.8 Å². The number of nitrogens with one attached hydrogen (secondary N) is 2. The largest absolute Gasteiger partial charge is 0.396 e. The lowest BCUT2D eigenvalue weighted by atomic mass is 9.90. The topological polar surface area (TPSA) is 115 Å². The minimum atomic E-state index is -1.08. The first-order valence-corrected chi connectivity index (χ1v) is 9.75. The predicted octanol–water partition coefficient (Wildman–Crippen LogP) is 1.78. The number of nitrogens with zero attached hydrogens (tertiary/aromatic N) is 1. The summed E-state index contributed by atoms with van der Waals surface area (Å²) >= 11 is 0. The second-order valence-electron chi connectivity index (χ2n) is 7.60. The molecule has 0 spiro atoms. The molecule has 3 N–H and O–H groups in total. The number of carbonyl (C=O) groups excluding carboxylic acids is 1. The summed E-state index contributed by atoms with van der Waals surface area (Å²) < 4.78 is 33.2. The standard InChI is InChI=1S/C21H23F2N3O4/c1-11-17(10-30-18(11)6-12(9-24)4-5-27)25-19(28)8-13-7-14-16(26-21(13)29)3-2-15(22)20(14)23/h2-3,7,11-12,17-18,27H,4-6,8,10H2,1H3,(H,25,28)(H,26,29)/t11?,12?,17-,18?/m1/s1. The number of carbonyl (C=O) groups is 1. The van der Waals surface area contributed by atoms with Crippen LogP contribution in [0.5, 0.6) is 0 Å². The summed E-state index contributed by atoms with van der Waals surface area (Å²) in [5.74, 6) is -2.95. The van der Waals surface area contributed by atoms with E-state index in [9.17, 15) is 18.4 Å². The van der Waals surface area contributed by atoms with E-state index in [-0.39, 0.29) is 60.1 Å². The number of hydrogen-bond donors (Lipinski definition) is 3. The zero-order valence-electron chi connectivity index (χ0n) is 16.5.